The molecular weight excluding hydrogens is 273 g/mol. The molecule has 15 heavy (non-hydrogen) atoms. The second-order valence-electron chi connectivity index (χ2n) is 2.96. The van der Waals surface area contributed by atoms with Crippen molar-refractivity contribution in [2.75, 3.05) is 0 Å². The van der Waals surface area contributed by atoms with Gasteiger partial charge in [-0.15, -0.1) is 0 Å². The zero-order valence-corrected chi connectivity index (χ0v) is 9.07. The second kappa shape index (κ2) is 3.44. The molecule has 1 heterocycles. The van der Waals surface area contributed by atoms with Gasteiger partial charge >= 0.3 is 6.08 Å². The minimum absolute atomic E-state index is 0.162. The van der Waals surface area contributed by atoms with Crippen LogP contribution in [0.4, 0.5) is 13.2 Å². The molecule has 0 aliphatic carbocycles. The largest absolute Gasteiger partial charge is 0.309 e. The fourth-order valence-corrected chi connectivity index (χ4v) is 1.59. The van der Waals surface area contributed by atoms with Gasteiger partial charge in [0, 0.05) is 5.39 Å². The monoisotopic (exact) mass is 276 g/mol. The highest BCUT2D eigenvalue weighted by atomic mass is 79.9. The molecule has 78 valence electrons. The van der Waals surface area contributed by atoms with Gasteiger partial charge < -0.3 is 0 Å². The van der Waals surface area contributed by atoms with Gasteiger partial charge in [-0.05, 0) is 28.9 Å². The Kier molecular flexibility index (Phi) is 2.38. The van der Waals surface area contributed by atoms with E-state index in [1.165, 1.54) is 6.92 Å². The number of halogens is 4. The summed E-state index contributed by atoms with van der Waals surface area (Å²) in [6.45, 7) is 1.46. The molecule has 2 rings (SSSR count). The van der Waals surface area contributed by atoms with Crippen LogP contribution < -0.4 is 0 Å². The van der Waals surface area contributed by atoms with Gasteiger partial charge in [0.15, 0.2) is 5.82 Å². The highest BCUT2D eigenvalue weighted by molar-refractivity contribution is 9.10. The van der Waals surface area contributed by atoms with Gasteiger partial charge in [-0.25, -0.2) is 13.8 Å². The van der Waals surface area contributed by atoms with Crippen LogP contribution in [0.5, 0.6) is 0 Å². The van der Waals surface area contributed by atoms with Crippen molar-refractivity contribution in [3.05, 3.63) is 33.9 Å². The molecule has 0 aliphatic heterocycles. The Bertz CT molecular complexity index is 557. The van der Waals surface area contributed by atoms with E-state index < -0.39 is 17.7 Å². The van der Waals surface area contributed by atoms with Gasteiger partial charge in [-0.1, -0.05) is 0 Å². The lowest BCUT2D eigenvalue weighted by Crippen LogP contribution is -1.98. The smallest absolute Gasteiger partial charge is 0.207 e. The molecule has 0 atom stereocenters. The third-order valence-corrected chi connectivity index (χ3v) is 2.72. The summed E-state index contributed by atoms with van der Waals surface area (Å²) >= 11 is 2.72. The standard InChI is InChI=1S/C9H4BrF3N2/c1-3-4-2-5(11)6(10)7(12)8(4)15-9(13)14-3/h2H,1H3. The zero-order chi connectivity index (χ0) is 11.2. The first kappa shape index (κ1) is 10.4. The summed E-state index contributed by atoms with van der Waals surface area (Å²) in [6.07, 6.45) is -1.03. The normalized spacial score (nSPS) is 11.0. The van der Waals surface area contributed by atoms with E-state index in [9.17, 15) is 13.2 Å². The van der Waals surface area contributed by atoms with Gasteiger partial charge in [0.1, 0.15) is 11.3 Å². The Hall–Kier alpha value is -1.17. The van der Waals surface area contributed by atoms with Crippen molar-refractivity contribution in [3.63, 3.8) is 0 Å². The molecule has 0 radical (unpaired) electrons. The SMILES string of the molecule is Cc1nc(F)nc2c(F)c(Br)c(F)cc12. The topological polar surface area (TPSA) is 25.8 Å². The molecular formula is C9H4BrF3N2. The maximum atomic E-state index is 13.5. The number of aromatic nitrogens is 2. The van der Waals surface area contributed by atoms with E-state index in [-0.39, 0.29) is 21.1 Å². The fraction of sp³-hybridized carbons (Fsp3) is 0.111. The summed E-state index contributed by atoms with van der Waals surface area (Å²) in [5, 5.41) is 0.162. The molecule has 0 unspecified atom stereocenters. The predicted octanol–water partition coefficient (Wildman–Crippen LogP) is 3.12. The third kappa shape index (κ3) is 1.58. The fourth-order valence-electron chi connectivity index (χ4n) is 1.29. The van der Waals surface area contributed by atoms with E-state index >= 15 is 0 Å². The van der Waals surface area contributed by atoms with E-state index in [0.29, 0.717) is 0 Å². The molecule has 0 bridgehead atoms. The van der Waals surface area contributed by atoms with Crippen molar-refractivity contribution in [2.45, 2.75) is 6.92 Å². The zero-order valence-electron chi connectivity index (χ0n) is 7.48. The van der Waals surface area contributed by atoms with Crippen molar-refractivity contribution < 1.29 is 13.2 Å². The van der Waals surface area contributed by atoms with Gasteiger partial charge in [-0.2, -0.15) is 9.37 Å². The number of aryl methyl sites for hydroxylation is 1. The molecule has 0 saturated carbocycles. The van der Waals surface area contributed by atoms with Crippen LogP contribution >= 0.6 is 15.9 Å². The average molecular weight is 277 g/mol. The van der Waals surface area contributed by atoms with Crippen LogP contribution in [0.2, 0.25) is 0 Å². The summed E-state index contributed by atoms with van der Waals surface area (Å²) in [5.41, 5.74) is -0.0314. The first-order valence-corrected chi connectivity index (χ1v) is 4.77. The van der Waals surface area contributed by atoms with Crippen molar-refractivity contribution in [3.8, 4) is 0 Å². The molecule has 2 nitrogen and oxygen atoms in total. The number of hydrogen-bond donors (Lipinski definition) is 0. The number of fused-ring (bicyclic) bond motifs is 1. The van der Waals surface area contributed by atoms with Crippen LogP contribution in [0, 0.1) is 24.6 Å². The molecule has 0 saturated heterocycles. The van der Waals surface area contributed by atoms with Gasteiger partial charge in [0.25, 0.3) is 0 Å². The Morgan fingerprint density at radius 3 is 2.53 bits per heavy atom. The first-order valence-electron chi connectivity index (χ1n) is 3.98. The maximum Gasteiger partial charge on any atom is 0.309 e. The van der Waals surface area contributed by atoms with Crippen LogP contribution in [-0.2, 0) is 0 Å². The summed E-state index contributed by atoms with van der Waals surface area (Å²) in [4.78, 5) is 6.68. The summed E-state index contributed by atoms with van der Waals surface area (Å²) < 4.78 is 39.1. The molecule has 0 spiro atoms. The van der Waals surface area contributed by atoms with Crippen LogP contribution in [-0.4, -0.2) is 9.97 Å². The highest BCUT2D eigenvalue weighted by Gasteiger charge is 2.15. The van der Waals surface area contributed by atoms with Crippen LogP contribution in [0.1, 0.15) is 5.69 Å². The maximum absolute atomic E-state index is 13.5. The minimum Gasteiger partial charge on any atom is -0.207 e. The molecule has 1 aromatic carbocycles. The minimum atomic E-state index is -1.03. The predicted molar refractivity (Wildman–Crippen MR) is 51.8 cm³/mol. The lowest BCUT2D eigenvalue weighted by Gasteiger charge is -2.04. The van der Waals surface area contributed by atoms with E-state index in [2.05, 4.69) is 25.9 Å². The summed E-state index contributed by atoms with van der Waals surface area (Å²) in [5.74, 6) is -1.69. The molecule has 2 aromatic rings. The van der Waals surface area contributed by atoms with E-state index in [1.807, 2.05) is 0 Å². The van der Waals surface area contributed by atoms with Crippen molar-refractivity contribution in [1.82, 2.24) is 9.97 Å². The molecule has 1 aromatic heterocycles. The van der Waals surface area contributed by atoms with Gasteiger partial charge in [-0.3, -0.25) is 0 Å². The third-order valence-electron chi connectivity index (χ3n) is 1.99. The van der Waals surface area contributed by atoms with Crippen molar-refractivity contribution in [2.24, 2.45) is 0 Å². The van der Waals surface area contributed by atoms with E-state index in [0.717, 1.165) is 6.07 Å². The van der Waals surface area contributed by atoms with E-state index in [4.69, 9.17) is 0 Å². The van der Waals surface area contributed by atoms with Gasteiger partial charge in [0.2, 0.25) is 0 Å². The highest BCUT2D eigenvalue weighted by Crippen LogP contribution is 2.27. The lowest BCUT2D eigenvalue weighted by atomic mass is 10.2. The Morgan fingerprint density at radius 1 is 1.20 bits per heavy atom. The quantitative estimate of drug-likeness (QED) is 0.546. The Labute approximate surface area is 91.3 Å². The van der Waals surface area contributed by atoms with Crippen LogP contribution in [0.3, 0.4) is 0 Å². The lowest BCUT2D eigenvalue weighted by molar-refractivity contribution is 0.533. The number of benzene rings is 1. The second-order valence-corrected chi connectivity index (χ2v) is 3.75. The molecule has 6 heteroatoms. The van der Waals surface area contributed by atoms with Crippen LogP contribution in [0.25, 0.3) is 10.9 Å². The summed E-state index contributed by atoms with van der Waals surface area (Å²) in [7, 11) is 0. The Morgan fingerprint density at radius 2 is 1.87 bits per heavy atom. The molecule has 0 N–H and O–H groups in total. The average Bonchev–Trinajstić information content (AvgIpc) is 2.17. The van der Waals surface area contributed by atoms with Crippen LogP contribution in [0.15, 0.2) is 10.5 Å². The van der Waals surface area contributed by atoms with E-state index in [1.54, 1.807) is 0 Å². The number of hydrogen-bond acceptors (Lipinski definition) is 2. The van der Waals surface area contributed by atoms with Gasteiger partial charge in [0.05, 0.1) is 10.2 Å². The molecule has 0 amide bonds. The summed E-state index contributed by atoms with van der Waals surface area (Å²) in [6, 6.07) is 1.07. The first-order chi connectivity index (χ1) is 7.00. The number of rotatable bonds is 0. The van der Waals surface area contributed by atoms with Crippen molar-refractivity contribution in [1.29, 1.82) is 0 Å². The Balaban J connectivity index is 2.98. The molecule has 0 aliphatic rings. The number of nitrogens with zero attached hydrogens (tertiary/aromatic N) is 2. The molecule has 0 fully saturated rings. The van der Waals surface area contributed by atoms with Crippen molar-refractivity contribution >= 4 is 26.8 Å².